The Labute approximate surface area is 110 Å². The van der Waals surface area contributed by atoms with Crippen LogP contribution >= 0.6 is 0 Å². The highest BCUT2D eigenvalue weighted by Crippen LogP contribution is 2.53. The summed E-state index contributed by atoms with van der Waals surface area (Å²) in [6.45, 7) is 6.18. The van der Waals surface area contributed by atoms with E-state index in [9.17, 15) is 4.79 Å². The van der Waals surface area contributed by atoms with Crippen molar-refractivity contribution in [2.45, 2.75) is 33.6 Å². The third kappa shape index (κ3) is 2.55. The molecule has 1 unspecified atom stereocenters. The van der Waals surface area contributed by atoms with Gasteiger partial charge in [-0.2, -0.15) is 0 Å². The zero-order valence-corrected chi connectivity index (χ0v) is 11.5. The van der Waals surface area contributed by atoms with E-state index in [2.05, 4.69) is 50.3 Å². The second-order valence-corrected chi connectivity index (χ2v) is 5.97. The van der Waals surface area contributed by atoms with Crippen molar-refractivity contribution in [2.75, 3.05) is 0 Å². The van der Waals surface area contributed by atoms with Gasteiger partial charge >= 0.3 is 0 Å². The van der Waals surface area contributed by atoms with E-state index in [0.717, 1.165) is 12.8 Å². The Kier molecular flexibility index (Phi) is 3.70. The number of hydrogen-bond acceptors (Lipinski definition) is 1. The molecule has 2 atom stereocenters. The highest BCUT2D eigenvalue weighted by Gasteiger charge is 2.49. The fourth-order valence-electron chi connectivity index (χ4n) is 3.04. The Balaban J connectivity index is 1.90. The van der Waals surface area contributed by atoms with Crippen molar-refractivity contribution in [3.05, 3.63) is 42.0 Å². The summed E-state index contributed by atoms with van der Waals surface area (Å²) in [4.78, 5) is 11.5. The highest BCUT2D eigenvalue weighted by atomic mass is 16.1. The van der Waals surface area contributed by atoms with Crippen LogP contribution in [0.3, 0.4) is 0 Å². The fourth-order valence-corrected chi connectivity index (χ4v) is 3.04. The van der Waals surface area contributed by atoms with Gasteiger partial charge < -0.3 is 0 Å². The van der Waals surface area contributed by atoms with E-state index in [1.807, 2.05) is 6.07 Å². The quantitative estimate of drug-likeness (QED) is 0.767. The summed E-state index contributed by atoms with van der Waals surface area (Å²) in [6.07, 6.45) is 6.56. The molecule has 1 nitrogen and oxygen atoms in total. The first kappa shape index (κ1) is 13.1. The van der Waals surface area contributed by atoms with Crippen LogP contribution in [0.15, 0.2) is 36.4 Å². The summed E-state index contributed by atoms with van der Waals surface area (Å²) >= 11 is 0. The van der Waals surface area contributed by atoms with Crippen molar-refractivity contribution < 1.29 is 4.79 Å². The van der Waals surface area contributed by atoms with E-state index in [-0.39, 0.29) is 11.3 Å². The lowest BCUT2D eigenvalue weighted by atomic mass is 9.53. The molecule has 0 bridgehead atoms. The van der Waals surface area contributed by atoms with Gasteiger partial charge in [-0.3, -0.25) is 4.79 Å². The van der Waals surface area contributed by atoms with E-state index >= 15 is 0 Å². The molecule has 1 aliphatic carbocycles. The molecule has 96 valence electrons. The van der Waals surface area contributed by atoms with Gasteiger partial charge in [-0.05, 0) is 36.7 Å². The van der Waals surface area contributed by atoms with Gasteiger partial charge in [-0.1, -0.05) is 56.3 Å². The molecular weight excluding hydrogens is 220 g/mol. The van der Waals surface area contributed by atoms with Crippen LogP contribution in [0.5, 0.6) is 0 Å². The number of Topliss-reactive ketones (excluding diaryl/α,β-unsaturated/α-hetero) is 1. The van der Waals surface area contributed by atoms with Crippen LogP contribution in [-0.4, -0.2) is 5.78 Å². The van der Waals surface area contributed by atoms with Crippen molar-refractivity contribution in [2.24, 2.45) is 17.3 Å². The maximum absolute atomic E-state index is 11.5. The molecule has 1 aromatic carbocycles. The van der Waals surface area contributed by atoms with Crippen molar-refractivity contribution in [1.29, 1.82) is 0 Å². The minimum Gasteiger partial charge on any atom is -0.300 e. The van der Waals surface area contributed by atoms with E-state index in [0.29, 0.717) is 11.7 Å². The van der Waals surface area contributed by atoms with Crippen molar-refractivity contribution in [1.82, 2.24) is 0 Å². The number of rotatable bonds is 4. The number of hydrogen-bond donors (Lipinski definition) is 0. The van der Waals surface area contributed by atoms with Crippen LogP contribution in [0.4, 0.5) is 0 Å². The SMILES string of the molecule is CC(=O)[C@@H]1CC(C/C=C\c2ccccc2)C1(C)C. The first-order valence-corrected chi connectivity index (χ1v) is 6.74. The van der Waals surface area contributed by atoms with E-state index in [1.54, 1.807) is 6.92 Å². The van der Waals surface area contributed by atoms with Gasteiger partial charge in [0, 0.05) is 5.92 Å². The first-order valence-electron chi connectivity index (χ1n) is 6.74. The lowest BCUT2D eigenvalue weighted by Crippen LogP contribution is -2.47. The zero-order chi connectivity index (χ0) is 13.2. The number of carbonyl (C=O) groups is 1. The van der Waals surface area contributed by atoms with E-state index in [4.69, 9.17) is 0 Å². The molecule has 0 amide bonds. The summed E-state index contributed by atoms with van der Waals surface area (Å²) < 4.78 is 0. The van der Waals surface area contributed by atoms with Crippen LogP contribution in [0.1, 0.15) is 39.2 Å². The highest BCUT2D eigenvalue weighted by molar-refractivity contribution is 5.80. The van der Waals surface area contributed by atoms with Crippen LogP contribution in [0.2, 0.25) is 0 Å². The van der Waals surface area contributed by atoms with Gasteiger partial charge in [0.25, 0.3) is 0 Å². The van der Waals surface area contributed by atoms with Gasteiger partial charge in [-0.15, -0.1) is 0 Å². The Bertz CT molecular complexity index is 442. The topological polar surface area (TPSA) is 17.1 Å². The minimum absolute atomic E-state index is 0.173. The van der Waals surface area contributed by atoms with Crippen LogP contribution in [0.25, 0.3) is 6.08 Å². The predicted octanol–water partition coefficient (Wildman–Crippen LogP) is 4.34. The maximum Gasteiger partial charge on any atom is 0.133 e. The standard InChI is InChI=1S/C17H22O/c1-13(18)16-12-15(17(16,2)3)11-7-10-14-8-5-4-6-9-14/h4-10,15-16H,11-12H2,1-3H3/b10-7-/t15?,16-/m0/s1. The average Bonchev–Trinajstić information content (AvgIpc) is 2.33. The lowest BCUT2D eigenvalue weighted by Gasteiger charge is -2.51. The molecule has 0 aromatic heterocycles. The normalized spacial score (nSPS) is 25.9. The number of carbonyl (C=O) groups excluding carboxylic acids is 1. The molecule has 18 heavy (non-hydrogen) atoms. The predicted molar refractivity (Wildman–Crippen MR) is 76.2 cm³/mol. The van der Waals surface area contributed by atoms with Crippen LogP contribution in [-0.2, 0) is 4.79 Å². The Morgan fingerprint density at radius 2 is 2.00 bits per heavy atom. The number of benzene rings is 1. The molecule has 0 radical (unpaired) electrons. The molecule has 1 aromatic rings. The van der Waals surface area contributed by atoms with Crippen LogP contribution in [0, 0.1) is 17.3 Å². The fraction of sp³-hybridized carbons (Fsp3) is 0.471. The molecular formula is C17H22O. The number of allylic oxidation sites excluding steroid dienone is 1. The third-order valence-corrected chi connectivity index (χ3v) is 4.49. The van der Waals surface area contributed by atoms with Gasteiger partial charge in [0.2, 0.25) is 0 Å². The summed E-state index contributed by atoms with van der Waals surface area (Å²) in [7, 11) is 0. The molecule has 2 rings (SSSR count). The molecule has 1 fully saturated rings. The molecule has 1 aliphatic rings. The molecule has 1 saturated carbocycles. The van der Waals surface area contributed by atoms with Gasteiger partial charge in [0.05, 0.1) is 0 Å². The molecule has 0 spiro atoms. The van der Waals surface area contributed by atoms with Crippen LogP contribution < -0.4 is 0 Å². The third-order valence-electron chi connectivity index (χ3n) is 4.49. The van der Waals surface area contributed by atoms with Gasteiger partial charge in [0.15, 0.2) is 0 Å². The summed E-state index contributed by atoms with van der Waals surface area (Å²) in [5, 5.41) is 0. The lowest BCUT2D eigenvalue weighted by molar-refractivity contribution is -0.135. The molecule has 0 saturated heterocycles. The van der Waals surface area contributed by atoms with Crippen molar-refractivity contribution >= 4 is 11.9 Å². The van der Waals surface area contributed by atoms with Crippen molar-refractivity contribution in [3.8, 4) is 0 Å². The Morgan fingerprint density at radius 1 is 1.33 bits per heavy atom. The average molecular weight is 242 g/mol. The van der Waals surface area contributed by atoms with E-state index < -0.39 is 0 Å². The van der Waals surface area contributed by atoms with Gasteiger partial charge in [-0.25, -0.2) is 0 Å². The maximum atomic E-state index is 11.5. The smallest absolute Gasteiger partial charge is 0.133 e. The minimum atomic E-state index is 0.173. The zero-order valence-electron chi connectivity index (χ0n) is 11.5. The number of ketones is 1. The van der Waals surface area contributed by atoms with Gasteiger partial charge in [0.1, 0.15) is 5.78 Å². The second-order valence-electron chi connectivity index (χ2n) is 5.97. The van der Waals surface area contributed by atoms with E-state index in [1.165, 1.54) is 5.56 Å². The Hall–Kier alpha value is -1.37. The van der Waals surface area contributed by atoms with Crippen molar-refractivity contribution in [3.63, 3.8) is 0 Å². The molecule has 0 aliphatic heterocycles. The first-order chi connectivity index (χ1) is 8.51. The summed E-state index contributed by atoms with van der Waals surface area (Å²) in [5.41, 5.74) is 1.42. The largest absolute Gasteiger partial charge is 0.300 e. The molecule has 0 heterocycles. The summed E-state index contributed by atoms with van der Waals surface area (Å²) in [6, 6.07) is 10.4. The second kappa shape index (κ2) is 5.09. The summed E-state index contributed by atoms with van der Waals surface area (Å²) in [5.74, 6) is 1.27. The monoisotopic (exact) mass is 242 g/mol. The Morgan fingerprint density at radius 3 is 2.56 bits per heavy atom. The molecule has 0 N–H and O–H groups in total. The molecule has 1 heteroatoms.